The highest BCUT2D eigenvalue weighted by molar-refractivity contribution is 5.90. The molecule has 0 aliphatic carbocycles. The average Bonchev–Trinajstić information content (AvgIpc) is 3.72. The van der Waals surface area contributed by atoms with E-state index in [1.54, 1.807) is 19.4 Å². The first-order valence-electron chi connectivity index (χ1n) is 15.5. The van der Waals surface area contributed by atoms with Crippen LogP contribution < -0.4 is 20.1 Å². The number of fused-ring (bicyclic) bond motifs is 5. The van der Waals surface area contributed by atoms with E-state index in [4.69, 9.17) is 13.9 Å². The van der Waals surface area contributed by atoms with Crippen molar-refractivity contribution in [2.45, 2.75) is 31.8 Å². The van der Waals surface area contributed by atoms with E-state index >= 15 is 0 Å². The molecule has 0 fully saturated rings. The number of rotatable bonds is 5. The highest BCUT2D eigenvalue weighted by Crippen LogP contribution is 2.32. The van der Waals surface area contributed by atoms with Crippen LogP contribution in [-0.2, 0) is 33.8 Å². The molecule has 0 radical (unpaired) electrons. The molecule has 2 N–H and O–H groups in total. The monoisotopic (exact) mass is 636 g/mol. The lowest BCUT2D eigenvalue weighted by atomic mass is 10.1. The zero-order valence-electron chi connectivity index (χ0n) is 26.1. The molecule has 6 rings (SSSR count). The van der Waals surface area contributed by atoms with Crippen molar-refractivity contribution < 1.29 is 28.3 Å². The average molecular weight is 637 g/mol. The second-order valence-corrected chi connectivity index (χ2v) is 11.2. The number of nitrogens with zero attached hydrogens (tertiary/aromatic N) is 4. The first kappa shape index (κ1) is 31.3. The summed E-state index contributed by atoms with van der Waals surface area (Å²) in [6, 6.07) is 21.5. The van der Waals surface area contributed by atoms with Gasteiger partial charge in [-0.3, -0.25) is 14.4 Å². The fraction of sp³-hybridized carbons (Fsp3) is 0.286. The summed E-state index contributed by atoms with van der Waals surface area (Å²) < 4.78 is 19.4. The van der Waals surface area contributed by atoms with Crippen LogP contribution in [-0.4, -0.2) is 76.5 Å². The Labute approximate surface area is 271 Å². The van der Waals surface area contributed by atoms with Crippen molar-refractivity contribution in [2.24, 2.45) is 0 Å². The van der Waals surface area contributed by atoms with Crippen LogP contribution >= 0.6 is 0 Å². The summed E-state index contributed by atoms with van der Waals surface area (Å²) in [6.07, 6.45) is 4.13. The van der Waals surface area contributed by atoms with Gasteiger partial charge in [-0.1, -0.05) is 42.5 Å². The highest BCUT2D eigenvalue weighted by Gasteiger charge is 2.25. The number of nitrogens with one attached hydrogen (secondary N) is 2. The Balaban J connectivity index is 1.26. The van der Waals surface area contributed by atoms with Gasteiger partial charge in [-0.25, -0.2) is 9.97 Å². The lowest BCUT2D eigenvalue weighted by Crippen LogP contribution is -2.51. The summed E-state index contributed by atoms with van der Waals surface area (Å²) in [6.45, 7) is 0.968. The van der Waals surface area contributed by atoms with Crippen LogP contribution in [0.1, 0.15) is 17.9 Å². The number of para-hydroxylation sites is 2. The van der Waals surface area contributed by atoms with Gasteiger partial charge in [-0.15, -0.1) is 0 Å². The molecule has 0 saturated carbocycles. The van der Waals surface area contributed by atoms with E-state index in [0.29, 0.717) is 47.9 Å². The number of aromatic nitrogens is 3. The molecule has 0 saturated heterocycles. The SMILES string of the molecule is COc1ccc2cc1OCCCN(C(=O)Cc1nc3ccccc3o1)CC(=O)N[C@@H](Cc1ccccc1)C(=O)NCCn1ccnc1-2. The minimum absolute atomic E-state index is 0.126. The Kier molecular flexibility index (Phi) is 9.75. The van der Waals surface area contributed by atoms with Crippen molar-refractivity contribution in [1.29, 1.82) is 0 Å². The maximum Gasteiger partial charge on any atom is 0.242 e. The molecular formula is C35H36N6O6. The number of methoxy groups -OCH3 is 1. The molecule has 1 aliphatic rings. The third-order valence-electron chi connectivity index (χ3n) is 7.88. The van der Waals surface area contributed by atoms with Gasteiger partial charge >= 0.3 is 0 Å². The Morgan fingerprint density at radius 3 is 2.70 bits per heavy atom. The van der Waals surface area contributed by atoms with Crippen molar-refractivity contribution in [3.8, 4) is 22.9 Å². The molecule has 242 valence electrons. The van der Waals surface area contributed by atoms with Crippen molar-refractivity contribution in [3.63, 3.8) is 0 Å². The van der Waals surface area contributed by atoms with Crippen LogP contribution in [0.2, 0.25) is 0 Å². The largest absolute Gasteiger partial charge is 0.493 e. The van der Waals surface area contributed by atoms with Crippen LogP contribution in [0.5, 0.6) is 11.5 Å². The van der Waals surface area contributed by atoms with Gasteiger partial charge in [0.1, 0.15) is 23.8 Å². The summed E-state index contributed by atoms with van der Waals surface area (Å²) in [5.74, 6) is 0.930. The number of hydrogen-bond acceptors (Lipinski definition) is 8. The molecule has 0 unspecified atom stereocenters. The van der Waals surface area contributed by atoms with E-state index in [0.717, 1.165) is 11.1 Å². The Morgan fingerprint density at radius 1 is 1.04 bits per heavy atom. The number of imidazole rings is 1. The summed E-state index contributed by atoms with van der Waals surface area (Å²) in [4.78, 5) is 50.9. The van der Waals surface area contributed by atoms with E-state index in [1.165, 1.54) is 4.90 Å². The quantitative estimate of drug-likeness (QED) is 0.299. The van der Waals surface area contributed by atoms with Crippen LogP contribution in [0.4, 0.5) is 0 Å². The molecule has 3 heterocycles. The molecule has 3 aromatic carbocycles. The topological polar surface area (TPSA) is 141 Å². The first-order valence-corrected chi connectivity index (χ1v) is 15.5. The third-order valence-corrected chi connectivity index (χ3v) is 7.88. The van der Waals surface area contributed by atoms with E-state index in [-0.39, 0.29) is 50.2 Å². The van der Waals surface area contributed by atoms with Crippen molar-refractivity contribution in [1.82, 2.24) is 30.1 Å². The lowest BCUT2D eigenvalue weighted by molar-refractivity contribution is -0.136. The van der Waals surface area contributed by atoms with Gasteiger partial charge in [0, 0.05) is 44.0 Å². The molecule has 12 nitrogen and oxygen atoms in total. The van der Waals surface area contributed by atoms with E-state index in [9.17, 15) is 14.4 Å². The predicted molar refractivity (Wildman–Crippen MR) is 174 cm³/mol. The number of amides is 3. The van der Waals surface area contributed by atoms with Gasteiger partial charge in [0.25, 0.3) is 0 Å². The predicted octanol–water partition coefficient (Wildman–Crippen LogP) is 3.40. The van der Waals surface area contributed by atoms with E-state index in [2.05, 4.69) is 20.6 Å². The van der Waals surface area contributed by atoms with Crippen molar-refractivity contribution >= 4 is 28.8 Å². The van der Waals surface area contributed by atoms with Crippen LogP contribution in [0, 0.1) is 0 Å². The summed E-state index contributed by atoms with van der Waals surface area (Å²) in [5, 5.41) is 5.84. The lowest BCUT2D eigenvalue weighted by Gasteiger charge is -2.24. The molecule has 1 atom stereocenters. The second-order valence-electron chi connectivity index (χ2n) is 11.2. The molecule has 2 bridgehead atoms. The highest BCUT2D eigenvalue weighted by atomic mass is 16.5. The Hall–Kier alpha value is -5.65. The smallest absolute Gasteiger partial charge is 0.242 e. The fourth-order valence-corrected chi connectivity index (χ4v) is 5.54. The van der Waals surface area contributed by atoms with E-state index in [1.807, 2.05) is 77.5 Å². The standard InChI is InChI=1S/C35H36N6O6/c1-45-29-13-12-25-21-30(29)46-19-7-16-41(33(43)22-32-39-26-10-5-6-11-28(26)47-32)23-31(42)38-27(20-24-8-3-2-4-9-24)35(44)37-15-18-40-17-14-36-34(25)40/h2-6,8-14,17,21,27H,7,15-16,18-20,22-23H2,1H3,(H,37,44)(H,38,42)/t27-/m0/s1. The van der Waals surface area contributed by atoms with E-state index < -0.39 is 11.9 Å². The number of carbonyl (C=O) groups is 3. The van der Waals surface area contributed by atoms with Gasteiger partial charge in [0.2, 0.25) is 23.6 Å². The Bertz CT molecular complexity index is 1820. The molecule has 3 amide bonds. The van der Waals surface area contributed by atoms with Gasteiger partial charge in [0.05, 0.1) is 20.3 Å². The number of oxazole rings is 1. The molecule has 1 aliphatic heterocycles. The van der Waals surface area contributed by atoms with Crippen molar-refractivity contribution in [2.75, 3.05) is 33.4 Å². The fourth-order valence-electron chi connectivity index (χ4n) is 5.54. The van der Waals surface area contributed by atoms with Gasteiger partial charge in [-0.05, 0) is 42.3 Å². The molecule has 12 heteroatoms. The van der Waals surface area contributed by atoms with Crippen LogP contribution in [0.15, 0.2) is 89.6 Å². The molecule has 0 spiro atoms. The first-order chi connectivity index (χ1) is 23.0. The third kappa shape index (κ3) is 7.78. The molecule has 47 heavy (non-hydrogen) atoms. The summed E-state index contributed by atoms with van der Waals surface area (Å²) >= 11 is 0. The molecule has 5 aromatic rings. The van der Waals surface area contributed by atoms with Crippen LogP contribution in [0.3, 0.4) is 0 Å². The number of hydrogen-bond donors (Lipinski definition) is 2. The minimum atomic E-state index is -0.854. The maximum atomic E-state index is 13.6. The van der Waals surface area contributed by atoms with Gasteiger partial charge in [-0.2, -0.15) is 0 Å². The maximum absolute atomic E-state index is 13.6. The molecular weight excluding hydrogens is 600 g/mol. The summed E-state index contributed by atoms with van der Waals surface area (Å²) in [7, 11) is 1.57. The number of ether oxygens (including phenoxy) is 2. The zero-order chi connectivity index (χ0) is 32.6. The second kappa shape index (κ2) is 14.6. The Morgan fingerprint density at radius 2 is 1.87 bits per heavy atom. The van der Waals surface area contributed by atoms with Crippen LogP contribution in [0.25, 0.3) is 22.5 Å². The summed E-state index contributed by atoms with van der Waals surface area (Å²) in [5.41, 5.74) is 2.94. The van der Waals surface area contributed by atoms with Gasteiger partial charge in [0.15, 0.2) is 17.1 Å². The van der Waals surface area contributed by atoms with Crippen molar-refractivity contribution in [3.05, 3.63) is 96.6 Å². The number of benzene rings is 3. The normalized spacial score (nSPS) is 16.3. The minimum Gasteiger partial charge on any atom is -0.493 e. The zero-order valence-corrected chi connectivity index (χ0v) is 26.1. The van der Waals surface area contributed by atoms with Gasteiger partial charge < -0.3 is 34.0 Å². The number of carbonyl (C=O) groups excluding carboxylic acids is 3. The molecule has 2 aromatic heterocycles.